The van der Waals surface area contributed by atoms with Crippen molar-refractivity contribution in [3.63, 3.8) is 0 Å². The Morgan fingerprint density at radius 1 is 1.33 bits per heavy atom. The molecule has 0 bridgehead atoms. The third-order valence-electron chi connectivity index (χ3n) is 2.42. The number of methoxy groups -OCH3 is 1. The first-order valence-electron chi connectivity index (χ1n) is 6.11. The fourth-order valence-electron chi connectivity index (χ4n) is 1.28. The summed E-state index contributed by atoms with van der Waals surface area (Å²) in [4.78, 5) is 33.4. The predicted molar refractivity (Wildman–Crippen MR) is 75.6 cm³/mol. The van der Waals surface area contributed by atoms with E-state index in [1.807, 2.05) is 0 Å². The molecule has 0 saturated heterocycles. The van der Waals surface area contributed by atoms with E-state index in [1.54, 1.807) is 6.08 Å². The van der Waals surface area contributed by atoms with Gasteiger partial charge in [-0.05, 0) is 12.0 Å². The third-order valence-corrected chi connectivity index (χ3v) is 2.42. The zero-order chi connectivity index (χ0) is 16.3. The molecule has 1 unspecified atom stereocenters. The minimum atomic E-state index is -1.26. The average Bonchev–Trinajstić information content (AvgIpc) is 2.46. The normalized spacial score (nSPS) is 12.0. The number of rotatable bonds is 9. The lowest BCUT2D eigenvalue weighted by Crippen LogP contribution is -2.41. The maximum Gasteiger partial charge on any atom is 0.408 e. The van der Waals surface area contributed by atoms with E-state index in [-0.39, 0.29) is 19.4 Å². The molecular formula is C14H19NO6. The van der Waals surface area contributed by atoms with Crippen LogP contribution in [0, 0.1) is 0 Å². The molecule has 7 nitrogen and oxygen atoms in total. The molecule has 0 spiro atoms. The summed E-state index contributed by atoms with van der Waals surface area (Å²) >= 11 is 0. The molecule has 0 aromatic rings. The first kappa shape index (κ1) is 18.4. The highest BCUT2D eigenvalue weighted by Crippen LogP contribution is 2.02. The topological polar surface area (TPSA) is 102 Å². The van der Waals surface area contributed by atoms with Crippen molar-refractivity contribution in [2.75, 3.05) is 13.7 Å². The van der Waals surface area contributed by atoms with Gasteiger partial charge in [0.1, 0.15) is 12.6 Å². The van der Waals surface area contributed by atoms with Crippen LogP contribution in [0.3, 0.4) is 0 Å². The Labute approximate surface area is 122 Å². The summed E-state index contributed by atoms with van der Waals surface area (Å²) in [6, 6.07) is -1.23. The lowest BCUT2D eigenvalue weighted by molar-refractivity contribution is -0.142. The van der Waals surface area contributed by atoms with E-state index in [9.17, 15) is 14.4 Å². The van der Waals surface area contributed by atoms with Crippen molar-refractivity contribution in [2.24, 2.45) is 0 Å². The Balaban J connectivity index is 4.38. The van der Waals surface area contributed by atoms with Crippen molar-refractivity contribution in [3.05, 3.63) is 37.0 Å². The highest BCUT2D eigenvalue weighted by Gasteiger charge is 2.21. The number of alkyl carbamates (subject to hydrolysis) is 1. The van der Waals surface area contributed by atoms with E-state index in [0.717, 1.165) is 0 Å². The number of carbonyl (C=O) groups excluding carboxylic acids is 2. The van der Waals surface area contributed by atoms with Crippen molar-refractivity contribution < 1.29 is 29.0 Å². The predicted octanol–water partition coefficient (Wildman–Crippen LogP) is 1.42. The van der Waals surface area contributed by atoms with Gasteiger partial charge in [-0.2, -0.15) is 0 Å². The van der Waals surface area contributed by atoms with Gasteiger partial charge in [-0.25, -0.2) is 9.59 Å². The van der Waals surface area contributed by atoms with Crippen LogP contribution in [0.1, 0.15) is 12.8 Å². The van der Waals surface area contributed by atoms with Gasteiger partial charge in [0.15, 0.2) is 0 Å². The highest BCUT2D eigenvalue weighted by atomic mass is 16.5. The van der Waals surface area contributed by atoms with Gasteiger partial charge in [-0.15, -0.1) is 0 Å². The van der Waals surface area contributed by atoms with E-state index >= 15 is 0 Å². The van der Waals surface area contributed by atoms with Gasteiger partial charge < -0.3 is 19.9 Å². The fraction of sp³-hybridized carbons (Fsp3) is 0.357. The molecule has 0 aliphatic rings. The summed E-state index contributed by atoms with van der Waals surface area (Å²) < 4.78 is 9.25. The number of carboxylic acids is 1. The van der Waals surface area contributed by atoms with Crippen molar-refractivity contribution >= 4 is 18.0 Å². The van der Waals surface area contributed by atoms with E-state index in [1.165, 1.54) is 19.3 Å². The number of aliphatic carboxylic acids is 1. The van der Waals surface area contributed by atoms with Crippen LogP contribution in [0.4, 0.5) is 4.79 Å². The summed E-state index contributed by atoms with van der Waals surface area (Å²) in [6.07, 6.45) is 3.49. The molecule has 116 valence electrons. The minimum Gasteiger partial charge on any atom is -0.480 e. The van der Waals surface area contributed by atoms with Crippen LogP contribution in [0.15, 0.2) is 37.0 Å². The van der Waals surface area contributed by atoms with Gasteiger partial charge in [-0.1, -0.05) is 31.4 Å². The van der Waals surface area contributed by atoms with Gasteiger partial charge in [0, 0.05) is 6.42 Å². The third kappa shape index (κ3) is 8.25. The molecule has 2 N–H and O–H groups in total. The number of hydrogen-bond donors (Lipinski definition) is 2. The molecule has 0 aliphatic carbocycles. The van der Waals surface area contributed by atoms with Crippen LogP contribution in [0.25, 0.3) is 0 Å². The molecule has 1 atom stereocenters. The van der Waals surface area contributed by atoms with Crippen molar-refractivity contribution in [1.82, 2.24) is 5.32 Å². The van der Waals surface area contributed by atoms with Crippen molar-refractivity contribution in [1.29, 1.82) is 0 Å². The van der Waals surface area contributed by atoms with Gasteiger partial charge in [0.05, 0.1) is 7.11 Å². The van der Waals surface area contributed by atoms with E-state index in [0.29, 0.717) is 5.57 Å². The Morgan fingerprint density at radius 3 is 2.48 bits per heavy atom. The van der Waals surface area contributed by atoms with Crippen LogP contribution >= 0.6 is 0 Å². The van der Waals surface area contributed by atoms with Gasteiger partial charge in [0.2, 0.25) is 0 Å². The number of carboxylic acid groups (broad SMARTS) is 1. The summed E-state index contributed by atoms with van der Waals surface area (Å²) in [5.74, 6) is -1.82. The molecule has 0 rings (SSSR count). The van der Waals surface area contributed by atoms with Crippen LogP contribution in [0.5, 0.6) is 0 Å². The molecule has 0 aliphatic heterocycles. The average molecular weight is 297 g/mol. The van der Waals surface area contributed by atoms with Crippen LogP contribution in [-0.4, -0.2) is 42.9 Å². The standard InChI is InChI=1S/C14H19NO6/c1-4-6-10(5-2)9-21-14(19)15-11(13(17)18)7-8-12(16)20-3/h4-6,11H,1-2,7-9H2,3H3,(H,15,19)(H,17,18)/b10-6+. The lowest BCUT2D eigenvalue weighted by Gasteiger charge is -2.14. The number of carbonyl (C=O) groups is 3. The van der Waals surface area contributed by atoms with E-state index < -0.39 is 24.1 Å². The molecule has 0 radical (unpaired) electrons. The van der Waals surface area contributed by atoms with E-state index in [4.69, 9.17) is 9.84 Å². The Morgan fingerprint density at radius 2 is 2.00 bits per heavy atom. The summed E-state index contributed by atoms with van der Waals surface area (Å²) in [5.41, 5.74) is 0.613. The molecule has 1 amide bonds. The quantitative estimate of drug-likeness (QED) is 0.493. The Hall–Kier alpha value is -2.57. The lowest BCUT2D eigenvalue weighted by atomic mass is 10.1. The molecule has 0 saturated carbocycles. The van der Waals surface area contributed by atoms with Crippen LogP contribution in [-0.2, 0) is 19.1 Å². The van der Waals surface area contributed by atoms with Crippen LogP contribution in [0.2, 0.25) is 0 Å². The molecule has 0 aromatic carbocycles. The maximum atomic E-state index is 11.5. The number of amides is 1. The monoisotopic (exact) mass is 297 g/mol. The summed E-state index contributed by atoms with van der Waals surface area (Å²) in [6.45, 7) is 6.96. The second-order valence-corrected chi connectivity index (χ2v) is 3.91. The Kier molecular flexibility index (Phi) is 8.99. The number of esters is 1. The summed E-state index contributed by atoms with van der Waals surface area (Å²) in [5, 5.41) is 11.1. The molecule has 0 heterocycles. The first-order chi connectivity index (χ1) is 9.94. The van der Waals surface area contributed by atoms with Crippen molar-refractivity contribution in [3.8, 4) is 0 Å². The maximum absolute atomic E-state index is 11.5. The number of ether oxygens (including phenoxy) is 2. The minimum absolute atomic E-state index is 0.0648. The number of nitrogens with one attached hydrogen (secondary N) is 1. The second kappa shape index (κ2) is 10.2. The molecule has 21 heavy (non-hydrogen) atoms. The SMILES string of the molecule is C=C/C=C(\C=C)COC(=O)NC(CCC(=O)OC)C(=O)O. The first-order valence-corrected chi connectivity index (χ1v) is 6.11. The van der Waals surface area contributed by atoms with Crippen molar-refractivity contribution in [2.45, 2.75) is 18.9 Å². The summed E-state index contributed by atoms with van der Waals surface area (Å²) in [7, 11) is 1.20. The molecular weight excluding hydrogens is 278 g/mol. The van der Waals surface area contributed by atoms with Gasteiger partial charge >= 0.3 is 18.0 Å². The van der Waals surface area contributed by atoms with Gasteiger partial charge in [-0.3, -0.25) is 4.79 Å². The highest BCUT2D eigenvalue weighted by molar-refractivity contribution is 5.80. The number of allylic oxidation sites excluding steroid dienone is 2. The molecule has 0 fully saturated rings. The van der Waals surface area contributed by atoms with Gasteiger partial charge in [0.25, 0.3) is 0 Å². The zero-order valence-corrected chi connectivity index (χ0v) is 11.8. The molecule has 7 heteroatoms. The van der Waals surface area contributed by atoms with Crippen LogP contribution < -0.4 is 5.32 Å². The largest absolute Gasteiger partial charge is 0.480 e. The number of hydrogen-bond acceptors (Lipinski definition) is 5. The fourth-order valence-corrected chi connectivity index (χ4v) is 1.28. The van der Waals surface area contributed by atoms with E-state index in [2.05, 4.69) is 23.2 Å². The zero-order valence-electron chi connectivity index (χ0n) is 11.8. The smallest absolute Gasteiger partial charge is 0.408 e. The second-order valence-electron chi connectivity index (χ2n) is 3.91. The molecule has 0 aromatic heterocycles. The Bertz CT molecular complexity index is 441.